The van der Waals surface area contributed by atoms with Crippen LogP contribution in [0.15, 0.2) is 42.5 Å². The molecule has 2 N–H and O–H groups in total. The van der Waals surface area contributed by atoms with Crippen LogP contribution >= 0.6 is 0 Å². The minimum Gasteiger partial charge on any atom is -0.494 e. The normalized spacial score (nSPS) is 10.3. The molecular formula is C17H19NO2. The van der Waals surface area contributed by atoms with Crippen molar-refractivity contribution in [2.24, 2.45) is 0 Å². The molecule has 0 atom stereocenters. The Morgan fingerprint density at radius 3 is 2.50 bits per heavy atom. The van der Waals surface area contributed by atoms with Gasteiger partial charge in [-0.15, -0.1) is 0 Å². The van der Waals surface area contributed by atoms with E-state index in [9.17, 15) is 4.79 Å². The van der Waals surface area contributed by atoms with Gasteiger partial charge in [0.25, 0.3) is 0 Å². The average Bonchev–Trinajstić information content (AvgIpc) is 2.47. The Bertz CT molecular complexity index is 620. The third kappa shape index (κ3) is 2.82. The third-order valence-electron chi connectivity index (χ3n) is 3.22. The Hall–Kier alpha value is -2.29. The van der Waals surface area contributed by atoms with Crippen molar-refractivity contribution in [3.63, 3.8) is 0 Å². The van der Waals surface area contributed by atoms with Crippen LogP contribution in [-0.2, 0) is 6.42 Å². The van der Waals surface area contributed by atoms with E-state index in [2.05, 4.69) is 0 Å². The van der Waals surface area contributed by atoms with E-state index in [0.29, 0.717) is 23.4 Å². The number of rotatable bonds is 5. The third-order valence-corrected chi connectivity index (χ3v) is 3.22. The van der Waals surface area contributed by atoms with Gasteiger partial charge >= 0.3 is 0 Å². The first-order valence-corrected chi connectivity index (χ1v) is 6.82. The Kier molecular flexibility index (Phi) is 4.41. The zero-order valence-electron chi connectivity index (χ0n) is 11.8. The maximum Gasteiger partial charge on any atom is 0.195 e. The van der Waals surface area contributed by atoms with Gasteiger partial charge in [-0.1, -0.05) is 19.1 Å². The Morgan fingerprint density at radius 1 is 1.10 bits per heavy atom. The lowest BCUT2D eigenvalue weighted by molar-refractivity contribution is 0.103. The largest absolute Gasteiger partial charge is 0.494 e. The molecule has 20 heavy (non-hydrogen) atoms. The topological polar surface area (TPSA) is 52.3 Å². The van der Waals surface area contributed by atoms with E-state index in [1.54, 1.807) is 12.1 Å². The molecule has 2 aromatic carbocycles. The number of carbonyl (C=O) groups is 1. The van der Waals surface area contributed by atoms with Crippen LogP contribution in [0, 0.1) is 0 Å². The van der Waals surface area contributed by atoms with Gasteiger partial charge in [0.05, 0.1) is 6.61 Å². The van der Waals surface area contributed by atoms with E-state index in [4.69, 9.17) is 10.5 Å². The molecule has 3 heteroatoms. The van der Waals surface area contributed by atoms with Crippen LogP contribution in [0.25, 0.3) is 0 Å². The first-order chi connectivity index (χ1) is 9.67. The second-order valence-electron chi connectivity index (χ2n) is 4.52. The fraction of sp³-hybridized carbons (Fsp3) is 0.235. The van der Waals surface area contributed by atoms with Gasteiger partial charge in [0.15, 0.2) is 5.78 Å². The second-order valence-corrected chi connectivity index (χ2v) is 4.52. The predicted molar refractivity (Wildman–Crippen MR) is 81.3 cm³/mol. The fourth-order valence-corrected chi connectivity index (χ4v) is 2.19. The van der Waals surface area contributed by atoms with E-state index in [-0.39, 0.29) is 5.78 Å². The van der Waals surface area contributed by atoms with Crippen LogP contribution in [-0.4, -0.2) is 12.4 Å². The molecule has 0 aliphatic heterocycles. The number of nitrogens with two attached hydrogens (primary N) is 1. The second kappa shape index (κ2) is 6.24. The van der Waals surface area contributed by atoms with E-state index in [1.165, 1.54) is 0 Å². The lowest BCUT2D eigenvalue weighted by Gasteiger charge is -2.11. The van der Waals surface area contributed by atoms with Crippen molar-refractivity contribution in [1.29, 1.82) is 0 Å². The standard InChI is InChI=1S/C17H19NO2/c1-3-12-11-13(20-4-2)9-10-14(12)17(19)15-7-5-6-8-16(15)18/h5-11H,3-4,18H2,1-2H3. The number of hydrogen-bond donors (Lipinski definition) is 1. The molecule has 0 radical (unpaired) electrons. The van der Waals surface area contributed by atoms with E-state index in [1.807, 2.05) is 44.2 Å². The highest BCUT2D eigenvalue weighted by atomic mass is 16.5. The van der Waals surface area contributed by atoms with E-state index < -0.39 is 0 Å². The summed E-state index contributed by atoms with van der Waals surface area (Å²) in [5, 5.41) is 0. The summed E-state index contributed by atoms with van der Waals surface area (Å²) in [6.45, 7) is 4.58. The van der Waals surface area contributed by atoms with Gasteiger partial charge in [-0.3, -0.25) is 4.79 Å². The molecule has 0 aromatic heterocycles. The average molecular weight is 269 g/mol. The Morgan fingerprint density at radius 2 is 1.85 bits per heavy atom. The van der Waals surface area contributed by atoms with Gasteiger partial charge in [0, 0.05) is 16.8 Å². The quantitative estimate of drug-likeness (QED) is 0.668. The van der Waals surface area contributed by atoms with Crippen LogP contribution in [0.1, 0.15) is 35.3 Å². The van der Waals surface area contributed by atoms with Crippen molar-refractivity contribution in [1.82, 2.24) is 0 Å². The zero-order valence-corrected chi connectivity index (χ0v) is 11.8. The van der Waals surface area contributed by atoms with Crippen LogP contribution in [0.4, 0.5) is 5.69 Å². The number of aryl methyl sites for hydroxylation is 1. The molecule has 0 heterocycles. The molecule has 2 aromatic rings. The van der Waals surface area contributed by atoms with E-state index in [0.717, 1.165) is 17.7 Å². The highest BCUT2D eigenvalue weighted by molar-refractivity contribution is 6.12. The van der Waals surface area contributed by atoms with Crippen molar-refractivity contribution >= 4 is 11.5 Å². The minimum atomic E-state index is -0.0389. The summed E-state index contributed by atoms with van der Waals surface area (Å²) < 4.78 is 5.48. The SMILES string of the molecule is CCOc1ccc(C(=O)c2ccccc2N)c(CC)c1. The molecule has 3 nitrogen and oxygen atoms in total. The number of ketones is 1. The number of hydrogen-bond acceptors (Lipinski definition) is 3. The highest BCUT2D eigenvalue weighted by Crippen LogP contribution is 2.23. The van der Waals surface area contributed by atoms with Crippen molar-refractivity contribution in [3.05, 3.63) is 59.2 Å². The fourth-order valence-electron chi connectivity index (χ4n) is 2.19. The minimum absolute atomic E-state index is 0.0389. The summed E-state index contributed by atoms with van der Waals surface area (Å²) in [6, 6.07) is 12.7. The first-order valence-electron chi connectivity index (χ1n) is 6.82. The molecule has 0 saturated carbocycles. The lowest BCUT2D eigenvalue weighted by Crippen LogP contribution is -2.08. The summed E-state index contributed by atoms with van der Waals surface area (Å²) in [6.07, 6.45) is 0.773. The Balaban J connectivity index is 2.42. The number of anilines is 1. The van der Waals surface area contributed by atoms with Gasteiger partial charge in [0.2, 0.25) is 0 Å². The van der Waals surface area contributed by atoms with Crippen molar-refractivity contribution in [3.8, 4) is 5.75 Å². The molecule has 0 saturated heterocycles. The monoisotopic (exact) mass is 269 g/mol. The van der Waals surface area contributed by atoms with Crippen LogP contribution in [0.3, 0.4) is 0 Å². The van der Waals surface area contributed by atoms with Crippen molar-refractivity contribution < 1.29 is 9.53 Å². The number of carbonyl (C=O) groups excluding carboxylic acids is 1. The summed E-state index contributed by atoms with van der Waals surface area (Å²) in [5.41, 5.74) is 8.60. The summed E-state index contributed by atoms with van der Waals surface area (Å²) in [4.78, 5) is 12.6. The lowest BCUT2D eigenvalue weighted by atomic mass is 9.96. The predicted octanol–water partition coefficient (Wildman–Crippen LogP) is 3.46. The summed E-state index contributed by atoms with van der Waals surface area (Å²) in [7, 11) is 0. The summed E-state index contributed by atoms with van der Waals surface area (Å²) >= 11 is 0. The van der Waals surface area contributed by atoms with Crippen LogP contribution < -0.4 is 10.5 Å². The number of ether oxygens (including phenoxy) is 1. The molecular weight excluding hydrogens is 250 g/mol. The van der Waals surface area contributed by atoms with Gasteiger partial charge in [-0.05, 0) is 49.2 Å². The maximum absolute atomic E-state index is 12.6. The van der Waals surface area contributed by atoms with Crippen LogP contribution in [0.2, 0.25) is 0 Å². The number of benzene rings is 2. The molecule has 104 valence electrons. The first kappa shape index (κ1) is 14.1. The maximum atomic E-state index is 12.6. The molecule has 2 rings (SSSR count). The molecule has 0 unspecified atom stereocenters. The highest BCUT2D eigenvalue weighted by Gasteiger charge is 2.15. The smallest absolute Gasteiger partial charge is 0.195 e. The van der Waals surface area contributed by atoms with Crippen LogP contribution in [0.5, 0.6) is 5.75 Å². The van der Waals surface area contributed by atoms with Crippen molar-refractivity contribution in [2.75, 3.05) is 12.3 Å². The molecule has 0 amide bonds. The Labute approximate surface area is 119 Å². The summed E-state index contributed by atoms with van der Waals surface area (Å²) in [5.74, 6) is 0.755. The molecule has 0 aliphatic carbocycles. The van der Waals surface area contributed by atoms with Gasteiger partial charge in [-0.2, -0.15) is 0 Å². The van der Waals surface area contributed by atoms with Crippen molar-refractivity contribution in [2.45, 2.75) is 20.3 Å². The van der Waals surface area contributed by atoms with Gasteiger partial charge in [-0.25, -0.2) is 0 Å². The molecule has 0 bridgehead atoms. The van der Waals surface area contributed by atoms with Gasteiger partial charge in [0.1, 0.15) is 5.75 Å². The molecule has 0 fully saturated rings. The number of nitrogen functional groups attached to an aromatic ring is 1. The molecule has 0 spiro atoms. The number of para-hydroxylation sites is 1. The molecule has 0 aliphatic rings. The zero-order chi connectivity index (χ0) is 14.5. The van der Waals surface area contributed by atoms with Gasteiger partial charge < -0.3 is 10.5 Å². The van der Waals surface area contributed by atoms with E-state index >= 15 is 0 Å².